The topological polar surface area (TPSA) is 110 Å². The van der Waals surface area contributed by atoms with Crippen molar-refractivity contribution in [2.45, 2.75) is 63.6 Å². The molecule has 0 radical (unpaired) electrons. The van der Waals surface area contributed by atoms with Crippen LogP contribution in [0.4, 0.5) is 5.82 Å². The van der Waals surface area contributed by atoms with E-state index >= 15 is 0 Å². The van der Waals surface area contributed by atoms with Gasteiger partial charge in [-0.3, -0.25) is 9.59 Å². The normalized spacial score (nSPS) is 16.0. The molecule has 8 nitrogen and oxygen atoms in total. The highest BCUT2D eigenvalue weighted by Gasteiger charge is 2.35. The van der Waals surface area contributed by atoms with Crippen molar-refractivity contribution < 1.29 is 18.0 Å². The number of rotatable bonds is 5. The first-order valence-electron chi connectivity index (χ1n) is 9.94. The second-order valence-electron chi connectivity index (χ2n) is 8.74. The van der Waals surface area contributed by atoms with E-state index in [1.807, 2.05) is 58.0 Å². The van der Waals surface area contributed by atoms with Crippen LogP contribution in [0.3, 0.4) is 0 Å². The summed E-state index contributed by atoms with van der Waals surface area (Å²) in [5.41, 5.74) is 1.56. The zero-order valence-electron chi connectivity index (χ0n) is 17.7. The number of nitrogens with zero attached hydrogens (tertiary/aromatic N) is 2. The molecule has 0 saturated heterocycles. The summed E-state index contributed by atoms with van der Waals surface area (Å²) in [6, 6.07) is 9.71. The van der Waals surface area contributed by atoms with Gasteiger partial charge in [0.05, 0.1) is 22.7 Å². The molecule has 0 saturated carbocycles. The molecule has 1 aromatic heterocycles. The monoisotopic (exact) mass is 432 g/mol. The Balaban J connectivity index is 1.67. The molecule has 1 unspecified atom stereocenters. The molecule has 1 aromatic carbocycles. The SMILES string of the molecule is CC(CCc1ccccc1)NC(=O)C(=O)Nc1c2c(nn1C(C)(C)C)CS(=O)(=O)C2. The number of anilines is 1. The van der Waals surface area contributed by atoms with Gasteiger partial charge in [-0.1, -0.05) is 30.3 Å². The van der Waals surface area contributed by atoms with Gasteiger partial charge in [0.1, 0.15) is 5.82 Å². The lowest BCUT2D eigenvalue weighted by atomic mass is 10.1. The minimum absolute atomic E-state index is 0.156. The lowest BCUT2D eigenvalue weighted by Gasteiger charge is -2.23. The molecule has 2 N–H and O–H groups in total. The number of amides is 2. The summed E-state index contributed by atoms with van der Waals surface area (Å²) >= 11 is 0. The van der Waals surface area contributed by atoms with Gasteiger partial charge in [0, 0.05) is 11.6 Å². The van der Waals surface area contributed by atoms with Crippen LogP contribution in [0.2, 0.25) is 0 Å². The minimum atomic E-state index is -3.28. The summed E-state index contributed by atoms with van der Waals surface area (Å²) in [6.07, 6.45) is 1.47. The summed E-state index contributed by atoms with van der Waals surface area (Å²) < 4.78 is 25.5. The Labute approximate surface area is 177 Å². The number of hydrogen-bond donors (Lipinski definition) is 2. The Morgan fingerprint density at radius 2 is 1.80 bits per heavy atom. The molecule has 1 aliphatic rings. The van der Waals surface area contributed by atoms with Crippen molar-refractivity contribution >= 4 is 27.5 Å². The Morgan fingerprint density at radius 3 is 2.43 bits per heavy atom. The Hall–Kier alpha value is -2.68. The molecule has 1 aliphatic heterocycles. The number of hydrogen-bond acceptors (Lipinski definition) is 5. The van der Waals surface area contributed by atoms with Crippen LogP contribution in [0.15, 0.2) is 30.3 Å². The van der Waals surface area contributed by atoms with Crippen molar-refractivity contribution in [2.75, 3.05) is 5.32 Å². The quantitative estimate of drug-likeness (QED) is 0.704. The molecular weight excluding hydrogens is 404 g/mol. The Morgan fingerprint density at radius 1 is 1.13 bits per heavy atom. The Bertz CT molecular complexity index is 1050. The summed E-state index contributed by atoms with van der Waals surface area (Å²) in [7, 11) is -3.28. The molecule has 30 heavy (non-hydrogen) atoms. The molecule has 2 aromatic rings. The number of aromatic nitrogens is 2. The average molecular weight is 433 g/mol. The van der Waals surface area contributed by atoms with Gasteiger partial charge in [-0.2, -0.15) is 5.10 Å². The number of benzene rings is 1. The predicted octanol–water partition coefficient (Wildman–Crippen LogP) is 2.14. The fraction of sp³-hybridized carbons (Fsp3) is 0.476. The summed E-state index contributed by atoms with van der Waals surface area (Å²) in [4.78, 5) is 25.0. The van der Waals surface area contributed by atoms with Crippen LogP contribution in [0, 0.1) is 0 Å². The van der Waals surface area contributed by atoms with Crippen LogP contribution < -0.4 is 10.6 Å². The van der Waals surface area contributed by atoms with Crippen molar-refractivity contribution in [1.82, 2.24) is 15.1 Å². The molecular formula is C21H28N4O4S. The summed E-state index contributed by atoms with van der Waals surface area (Å²) in [5.74, 6) is -1.67. The first-order valence-corrected chi connectivity index (χ1v) is 11.8. The minimum Gasteiger partial charge on any atom is -0.345 e. The molecule has 9 heteroatoms. The molecule has 0 aliphatic carbocycles. The maximum atomic E-state index is 12.5. The third kappa shape index (κ3) is 5.08. The highest BCUT2D eigenvalue weighted by molar-refractivity contribution is 7.90. The smallest absolute Gasteiger partial charge is 0.314 e. The van der Waals surface area contributed by atoms with Gasteiger partial charge in [0.15, 0.2) is 9.84 Å². The number of nitrogens with one attached hydrogen (secondary N) is 2. The lowest BCUT2D eigenvalue weighted by molar-refractivity contribution is -0.136. The van der Waals surface area contributed by atoms with E-state index in [1.165, 1.54) is 0 Å². The van der Waals surface area contributed by atoms with Crippen LogP contribution in [0.5, 0.6) is 0 Å². The van der Waals surface area contributed by atoms with Crippen LogP contribution in [-0.4, -0.2) is 36.1 Å². The van der Waals surface area contributed by atoms with Gasteiger partial charge in [0.2, 0.25) is 0 Å². The molecule has 0 bridgehead atoms. The second-order valence-corrected chi connectivity index (χ2v) is 10.8. The summed E-state index contributed by atoms with van der Waals surface area (Å²) in [5, 5.41) is 9.69. The highest BCUT2D eigenvalue weighted by Crippen LogP contribution is 2.34. The highest BCUT2D eigenvalue weighted by atomic mass is 32.2. The fourth-order valence-electron chi connectivity index (χ4n) is 3.41. The van der Waals surface area contributed by atoms with E-state index in [2.05, 4.69) is 15.7 Å². The second kappa shape index (κ2) is 8.22. The molecule has 3 rings (SSSR count). The van der Waals surface area contributed by atoms with E-state index in [-0.39, 0.29) is 23.4 Å². The third-order valence-electron chi connectivity index (χ3n) is 4.95. The number of sulfone groups is 1. The van der Waals surface area contributed by atoms with Gasteiger partial charge in [0.25, 0.3) is 0 Å². The van der Waals surface area contributed by atoms with Gasteiger partial charge in [-0.05, 0) is 46.1 Å². The maximum Gasteiger partial charge on any atom is 0.314 e. The number of carbonyl (C=O) groups is 2. The van der Waals surface area contributed by atoms with Gasteiger partial charge >= 0.3 is 11.8 Å². The van der Waals surface area contributed by atoms with Crippen molar-refractivity contribution in [3.63, 3.8) is 0 Å². The molecule has 0 spiro atoms. The van der Waals surface area contributed by atoms with Crippen molar-refractivity contribution in [3.05, 3.63) is 47.2 Å². The van der Waals surface area contributed by atoms with E-state index in [9.17, 15) is 18.0 Å². The van der Waals surface area contributed by atoms with Crippen molar-refractivity contribution in [3.8, 4) is 0 Å². The standard InChI is InChI=1S/C21H28N4O4S/c1-14(10-11-15-8-6-5-7-9-15)22-19(26)20(27)23-18-16-12-30(28,29)13-17(16)24-25(18)21(2,3)4/h5-9,14H,10-13H2,1-4H3,(H,22,26)(H,23,27). The average Bonchev–Trinajstić information content (AvgIpc) is 3.13. The fourth-order valence-corrected chi connectivity index (χ4v) is 4.90. The van der Waals surface area contributed by atoms with E-state index < -0.39 is 27.2 Å². The molecule has 0 fully saturated rings. The molecule has 2 heterocycles. The lowest BCUT2D eigenvalue weighted by Crippen LogP contribution is -2.41. The number of aryl methyl sites for hydroxylation is 1. The third-order valence-corrected chi connectivity index (χ3v) is 6.39. The van der Waals surface area contributed by atoms with Crippen molar-refractivity contribution in [1.29, 1.82) is 0 Å². The molecule has 1 atom stereocenters. The van der Waals surface area contributed by atoms with Crippen LogP contribution in [0.25, 0.3) is 0 Å². The van der Waals surface area contributed by atoms with E-state index in [4.69, 9.17) is 0 Å². The zero-order chi connectivity index (χ0) is 22.1. The van der Waals surface area contributed by atoms with E-state index in [1.54, 1.807) is 4.68 Å². The largest absolute Gasteiger partial charge is 0.345 e. The molecule has 162 valence electrons. The van der Waals surface area contributed by atoms with Gasteiger partial charge < -0.3 is 10.6 Å². The maximum absolute atomic E-state index is 12.5. The van der Waals surface area contributed by atoms with E-state index in [0.29, 0.717) is 17.7 Å². The Kier molecular flexibility index (Phi) is 6.03. The zero-order valence-corrected chi connectivity index (χ0v) is 18.5. The van der Waals surface area contributed by atoms with E-state index in [0.717, 1.165) is 12.0 Å². The summed E-state index contributed by atoms with van der Waals surface area (Å²) in [6.45, 7) is 7.53. The number of carbonyl (C=O) groups excluding carboxylic acids is 2. The van der Waals surface area contributed by atoms with Gasteiger partial charge in [-0.25, -0.2) is 13.1 Å². The first-order chi connectivity index (χ1) is 14.0. The van der Waals surface area contributed by atoms with Gasteiger partial charge in [-0.15, -0.1) is 0 Å². The predicted molar refractivity (Wildman–Crippen MR) is 115 cm³/mol. The van der Waals surface area contributed by atoms with Crippen LogP contribution in [0.1, 0.15) is 50.9 Å². The van der Waals surface area contributed by atoms with Crippen molar-refractivity contribution in [2.24, 2.45) is 0 Å². The van der Waals surface area contributed by atoms with Crippen LogP contribution in [-0.2, 0) is 42.9 Å². The first kappa shape index (κ1) is 22.0. The number of fused-ring (bicyclic) bond motifs is 1. The van der Waals surface area contributed by atoms with Crippen LogP contribution >= 0.6 is 0 Å². The molecule has 2 amide bonds.